The second-order valence-electron chi connectivity index (χ2n) is 5.46. The fraction of sp³-hybridized carbons (Fsp3) is 0.533. The van der Waals surface area contributed by atoms with Gasteiger partial charge >= 0.3 is 0 Å². The first kappa shape index (κ1) is 17.9. The number of nitrogens with two attached hydrogens (primary N) is 1. The summed E-state index contributed by atoms with van der Waals surface area (Å²) >= 11 is 0. The molecule has 1 amide bonds. The summed E-state index contributed by atoms with van der Waals surface area (Å²) in [6, 6.07) is 6.14. The van der Waals surface area contributed by atoms with Crippen LogP contribution in [0.3, 0.4) is 0 Å². The van der Waals surface area contributed by atoms with E-state index in [1.165, 1.54) is 12.1 Å². The van der Waals surface area contributed by atoms with Crippen molar-refractivity contribution in [3.05, 3.63) is 24.3 Å². The number of nitrogens with one attached hydrogen (secondary N) is 2. The van der Waals surface area contributed by atoms with Crippen molar-refractivity contribution in [1.82, 2.24) is 4.72 Å². The highest BCUT2D eigenvalue weighted by atomic mass is 32.2. The van der Waals surface area contributed by atoms with E-state index in [2.05, 4.69) is 10.0 Å². The molecule has 7 nitrogen and oxygen atoms in total. The Morgan fingerprint density at radius 2 is 2.17 bits per heavy atom. The Morgan fingerprint density at radius 3 is 2.87 bits per heavy atom. The van der Waals surface area contributed by atoms with Gasteiger partial charge in [0.25, 0.3) is 0 Å². The summed E-state index contributed by atoms with van der Waals surface area (Å²) in [4.78, 5) is 12.1. The number of benzene rings is 1. The van der Waals surface area contributed by atoms with Gasteiger partial charge in [0.1, 0.15) is 0 Å². The van der Waals surface area contributed by atoms with E-state index in [0.29, 0.717) is 12.3 Å². The molecule has 128 valence electrons. The number of amides is 1. The van der Waals surface area contributed by atoms with Gasteiger partial charge < -0.3 is 15.8 Å². The number of sulfonamides is 1. The van der Waals surface area contributed by atoms with Crippen LogP contribution in [0.25, 0.3) is 0 Å². The van der Waals surface area contributed by atoms with Crippen molar-refractivity contribution in [2.45, 2.75) is 36.7 Å². The van der Waals surface area contributed by atoms with Crippen LogP contribution in [0.2, 0.25) is 0 Å². The molecule has 1 aromatic carbocycles. The molecule has 1 fully saturated rings. The molecule has 1 heterocycles. The van der Waals surface area contributed by atoms with E-state index in [1.807, 2.05) is 0 Å². The summed E-state index contributed by atoms with van der Waals surface area (Å²) in [5.41, 5.74) is 5.75. The molecule has 1 unspecified atom stereocenters. The summed E-state index contributed by atoms with van der Waals surface area (Å²) < 4.78 is 32.0. The van der Waals surface area contributed by atoms with Crippen LogP contribution in [0.15, 0.2) is 29.2 Å². The molecule has 0 saturated carbocycles. The van der Waals surface area contributed by atoms with Crippen molar-refractivity contribution in [3.8, 4) is 0 Å². The number of hydrogen-bond donors (Lipinski definition) is 3. The summed E-state index contributed by atoms with van der Waals surface area (Å²) in [5, 5.41) is 2.72. The molecule has 23 heavy (non-hydrogen) atoms. The van der Waals surface area contributed by atoms with Gasteiger partial charge in [0.15, 0.2) is 0 Å². The SMILES string of the molecule is NCCNS(=O)(=O)c1cccc(NC(=O)CC2CCCCO2)c1. The second-order valence-corrected chi connectivity index (χ2v) is 7.22. The molecule has 1 aromatic rings. The lowest BCUT2D eigenvalue weighted by Crippen LogP contribution is -2.29. The van der Waals surface area contributed by atoms with E-state index in [-0.39, 0.29) is 36.4 Å². The Labute approximate surface area is 136 Å². The van der Waals surface area contributed by atoms with Gasteiger partial charge in [-0.25, -0.2) is 13.1 Å². The van der Waals surface area contributed by atoms with Crippen molar-refractivity contribution < 1.29 is 17.9 Å². The van der Waals surface area contributed by atoms with Crippen LogP contribution in [0.4, 0.5) is 5.69 Å². The predicted molar refractivity (Wildman–Crippen MR) is 87.5 cm³/mol. The van der Waals surface area contributed by atoms with Crippen molar-refractivity contribution in [1.29, 1.82) is 0 Å². The van der Waals surface area contributed by atoms with Crippen LogP contribution in [-0.4, -0.2) is 40.1 Å². The Morgan fingerprint density at radius 1 is 1.35 bits per heavy atom. The number of carbonyl (C=O) groups excluding carboxylic acids is 1. The lowest BCUT2D eigenvalue weighted by molar-refractivity contribution is -0.119. The first-order valence-electron chi connectivity index (χ1n) is 7.72. The molecular weight excluding hydrogens is 318 g/mol. The van der Waals surface area contributed by atoms with Gasteiger partial charge in [0.2, 0.25) is 15.9 Å². The number of carbonyl (C=O) groups is 1. The third-order valence-electron chi connectivity index (χ3n) is 3.55. The van der Waals surface area contributed by atoms with Crippen molar-refractivity contribution in [3.63, 3.8) is 0 Å². The Kier molecular flexibility index (Phi) is 6.52. The molecule has 0 aromatic heterocycles. The smallest absolute Gasteiger partial charge is 0.240 e. The Hall–Kier alpha value is -1.48. The number of hydrogen-bond acceptors (Lipinski definition) is 5. The van der Waals surface area contributed by atoms with Gasteiger partial charge in [-0.05, 0) is 37.5 Å². The van der Waals surface area contributed by atoms with Crippen molar-refractivity contribution in [2.75, 3.05) is 25.0 Å². The highest BCUT2D eigenvalue weighted by Gasteiger charge is 2.18. The summed E-state index contributed by atoms with van der Waals surface area (Å²) in [5.74, 6) is -0.179. The van der Waals surface area contributed by atoms with E-state index < -0.39 is 10.0 Å². The number of ether oxygens (including phenoxy) is 1. The van der Waals surface area contributed by atoms with E-state index in [0.717, 1.165) is 19.3 Å². The molecule has 8 heteroatoms. The lowest BCUT2D eigenvalue weighted by Gasteiger charge is -2.22. The zero-order valence-corrected chi connectivity index (χ0v) is 13.8. The van der Waals surface area contributed by atoms with Gasteiger partial charge in [0, 0.05) is 25.4 Å². The van der Waals surface area contributed by atoms with Crippen molar-refractivity contribution in [2.24, 2.45) is 5.73 Å². The third kappa shape index (κ3) is 5.58. The molecule has 1 atom stereocenters. The zero-order chi connectivity index (χ0) is 16.7. The van der Waals surface area contributed by atoms with Gasteiger partial charge in [-0.3, -0.25) is 4.79 Å². The highest BCUT2D eigenvalue weighted by molar-refractivity contribution is 7.89. The van der Waals surface area contributed by atoms with Gasteiger partial charge in [-0.15, -0.1) is 0 Å². The summed E-state index contributed by atoms with van der Waals surface area (Å²) in [6.07, 6.45) is 3.21. The molecule has 1 aliphatic heterocycles. The molecule has 2 rings (SSSR count). The predicted octanol–water partition coefficient (Wildman–Crippen LogP) is 0.821. The van der Waals surface area contributed by atoms with E-state index in [4.69, 9.17) is 10.5 Å². The molecule has 4 N–H and O–H groups in total. The minimum absolute atomic E-state index is 0.0538. The largest absolute Gasteiger partial charge is 0.378 e. The van der Waals surface area contributed by atoms with E-state index >= 15 is 0 Å². The van der Waals surface area contributed by atoms with E-state index in [9.17, 15) is 13.2 Å². The topological polar surface area (TPSA) is 111 Å². The highest BCUT2D eigenvalue weighted by Crippen LogP contribution is 2.18. The van der Waals surface area contributed by atoms with Crippen LogP contribution in [-0.2, 0) is 19.6 Å². The summed E-state index contributed by atoms with van der Waals surface area (Å²) in [6.45, 7) is 1.08. The van der Waals surface area contributed by atoms with E-state index in [1.54, 1.807) is 12.1 Å². The van der Waals surface area contributed by atoms with Crippen LogP contribution in [0.1, 0.15) is 25.7 Å². The quantitative estimate of drug-likeness (QED) is 0.680. The molecule has 1 aliphatic rings. The minimum atomic E-state index is -3.61. The maximum Gasteiger partial charge on any atom is 0.240 e. The normalized spacial score (nSPS) is 18.6. The van der Waals surface area contributed by atoms with Gasteiger partial charge in [-0.1, -0.05) is 6.07 Å². The third-order valence-corrected chi connectivity index (χ3v) is 5.01. The first-order valence-corrected chi connectivity index (χ1v) is 9.21. The number of anilines is 1. The number of rotatable bonds is 7. The second kappa shape index (κ2) is 8.39. The van der Waals surface area contributed by atoms with Crippen LogP contribution < -0.4 is 15.8 Å². The zero-order valence-electron chi connectivity index (χ0n) is 13.0. The average molecular weight is 341 g/mol. The first-order chi connectivity index (χ1) is 11.0. The van der Waals surface area contributed by atoms with Crippen molar-refractivity contribution >= 4 is 21.6 Å². The maximum atomic E-state index is 12.0. The Balaban J connectivity index is 1.97. The molecular formula is C15H23N3O4S. The average Bonchev–Trinajstić information content (AvgIpc) is 2.54. The van der Waals surface area contributed by atoms with Crippen LogP contribution in [0.5, 0.6) is 0 Å². The molecule has 0 radical (unpaired) electrons. The standard InChI is InChI=1S/C15H23N3O4S/c16-7-8-17-23(20,21)14-6-3-4-12(10-14)18-15(19)11-13-5-1-2-9-22-13/h3-4,6,10,13,17H,1-2,5,7-9,11,16H2,(H,18,19). The minimum Gasteiger partial charge on any atom is -0.378 e. The summed E-state index contributed by atoms with van der Waals surface area (Å²) in [7, 11) is -3.61. The fourth-order valence-corrected chi connectivity index (χ4v) is 3.50. The molecule has 0 spiro atoms. The molecule has 0 bridgehead atoms. The monoisotopic (exact) mass is 341 g/mol. The molecule has 0 aliphatic carbocycles. The van der Waals surface area contributed by atoms with Gasteiger partial charge in [-0.2, -0.15) is 0 Å². The van der Waals surface area contributed by atoms with Gasteiger partial charge in [0.05, 0.1) is 17.4 Å². The fourth-order valence-electron chi connectivity index (χ4n) is 2.40. The Bertz CT molecular complexity index is 627. The maximum absolute atomic E-state index is 12.0. The van der Waals surface area contributed by atoms with Crippen LogP contribution >= 0.6 is 0 Å². The van der Waals surface area contributed by atoms with Crippen LogP contribution in [0, 0.1) is 0 Å². The molecule has 1 saturated heterocycles. The lowest BCUT2D eigenvalue weighted by atomic mass is 10.1.